The van der Waals surface area contributed by atoms with Gasteiger partial charge in [-0.2, -0.15) is 0 Å². The number of nitrogens with zero attached hydrogens (tertiary/aromatic N) is 1. The molecule has 0 fully saturated rings. The first-order chi connectivity index (χ1) is 10.8. The summed E-state index contributed by atoms with van der Waals surface area (Å²) >= 11 is 1.56. The lowest BCUT2D eigenvalue weighted by molar-refractivity contribution is -0.142. The Morgan fingerprint density at radius 2 is 1.91 bits per heavy atom. The SMILES string of the molecule is CCc1nc(CC(=O)Nc2ccc(C(C)(C)C(=O)O)cc2)cs1. The molecule has 1 aromatic carbocycles. The highest BCUT2D eigenvalue weighted by atomic mass is 32.1. The number of carboxylic acids is 1. The zero-order valence-electron chi connectivity index (χ0n) is 13.4. The Hall–Kier alpha value is -2.21. The highest BCUT2D eigenvalue weighted by Crippen LogP contribution is 2.24. The Bertz CT molecular complexity index is 705. The van der Waals surface area contributed by atoms with E-state index in [1.54, 1.807) is 49.4 Å². The second kappa shape index (κ2) is 6.91. The van der Waals surface area contributed by atoms with Gasteiger partial charge in [-0.05, 0) is 38.0 Å². The van der Waals surface area contributed by atoms with Crippen LogP contribution in [0.3, 0.4) is 0 Å². The van der Waals surface area contributed by atoms with Crippen molar-refractivity contribution < 1.29 is 14.7 Å². The summed E-state index contributed by atoms with van der Waals surface area (Å²) in [6.45, 7) is 5.33. The van der Waals surface area contributed by atoms with E-state index in [0.29, 0.717) is 11.3 Å². The summed E-state index contributed by atoms with van der Waals surface area (Å²) in [6, 6.07) is 6.89. The van der Waals surface area contributed by atoms with Gasteiger partial charge in [0.15, 0.2) is 0 Å². The number of carbonyl (C=O) groups excluding carboxylic acids is 1. The maximum atomic E-state index is 12.0. The molecule has 2 aromatic rings. The van der Waals surface area contributed by atoms with Crippen molar-refractivity contribution in [1.29, 1.82) is 0 Å². The normalized spacial score (nSPS) is 11.3. The van der Waals surface area contributed by atoms with Crippen molar-refractivity contribution in [2.24, 2.45) is 0 Å². The molecule has 0 radical (unpaired) electrons. The van der Waals surface area contributed by atoms with E-state index in [4.69, 9.17) is 0 Å². The first-order valence-electron chi connectivity index (χ1n) is 7.40. The Kier molecular flexibility index (Phi) is 5.15. The van der Waals surface area contributed by atoms with Crippen LogP contribution in [0.2, 0.25) is 0 Å². The maximum absolute atomic E-state index is 12.0. The highest BCUT2D eigenvalue weighted by Gasteiger charge is 2.29. The van der Waals surface area contributed by atoms with Gasteiger partial charge in [0, 0.05) is 11.1 Å². The summed E-state index contributed by atoms with van der Waals surface area (Å²) in [7, 11) is 0. The van der Waals surface area contributed by atoms with Crippen molar-refractivity contribution in [1.82, 2.24) is 4.98 Å². The predicted octanol–water partition coefficient (Wildman–Crippen LogP) is 3.25. The number of nitrogens with one attached hydrogen (secondary N) is 1. The smallest absolute Gasteiger partial charge is 0.313 e. The van der Waals surface area contributed by atoms with Gasteiger partial charge in [-0.3, -0.25) is 9.59 Å². The molecule has 0 aliphatic rings. The number of hydrogen-bond acceptors (Lipinski definition) is 4. The number of amides is 1. The first kappa shape index (κ1) is 17.1. The Labute approximate surface area is 139 Å². The predicted molar refractivity (Wildman–Crippen MR) is 90.9 cm³/mol. The molecule has 0 saturated carbocycles. The molecule has 0 bridgehead atoms. The third kappa shape index (κ3) is 4.16. The summed E-state index contributed by atoms with van der Waals surface area (Å²) in [5.74, 6) is -1.02. The first-order valence-corrected chi connectivity index (χ1v) is 8.28. The van der Waals surface area contributed by atoms with Crippen LogP contribution in [0.25, 0.3) is 0 Å². The number of aromatic nitrogens is 1. The van der Waals surface area contributed by atoms with Gasteiger partial charge >= 0.3 is 5.97 Å². The number of rotatable bonds is 6. The van der Waals surface area contributed by atoms with E-state index in [1.165, 1.54) is 0 Å². The fourth-order valence-corrected chi connectivity index (χ4v) is 2.80. The minimum Gasteiger partial charge on any atom is -0.481 e. The Morgan fingerprint density at radius 1 is 1.26 bits per heavy atom. The van der Waals surface area contributed by atoms with Crippen LogP contribution in [-0.4, -0.2) is 22.0 Å². The van der Waals surface area contributed by atoms with Crippen molar-refractivity contribution >= 4 is 28.9 Å². The average molecular weight is 332 g/mol. The molecule has 1 aromatic heterocycles. The number of anilines is 1. The number of thiazole rings is 1. The molecular weight excluding hydrogens is 312 g/mol. The average Bonchev–Trinajstić information content (AvgIpc) is 2.95. The van der Waals surface area contributed by atoms with Crippen LogP contribution in [-0.2, 0) is 27.8 Å². The van der Waals surface area contributed by atoms with Crippen molar-refractivity contribution in [2.45, 2.75) is 39.0 Å². The molecule has 0 unspecified atom stereocenters. The van der Waals surface area contributed by atoms with E-state index >= 15 is 0 Å². The van der Waals surface area contributed by atoms with Crippen LogP contribution in [0.1, 0.15) is 37.0 Å². The molecule has 2 N–H and O–H groups in total. The lowest BCUT2D eigenvalue weighted by Gasteiger charge is -2.19. The zero-order valence-corrected chi connectivity index (χ0v) is 14.2. The van der Waals surface area contributed by atoms with Crippen LogP contribution in [0.4, 0.5) is 5.69 Å². The third-order valence-corrected chi connectivity index (χ3v) is 4.71. The molecule has 1 heterocycles. The minimum absolute atomic E-state index is 0.136. The van der Waals surface area contributed by atoms with Crippen LogP contribution < -0.4 is 5.32 Å². The van der Waals surface area contributed by atoms with Gasteiger partial charge in [-0.15, -0.1) is 11.3 Å². The molecule has 0 atom stereocenters. The number of aryl methyl sites for hydroxylation is 1. The van der Waals surface area contributed by atoms with E-state index in [9.17, 15) is 14.7 Å². The Morgan fingerprint density at radius 3 is 2.43 bits per heavy atom. The molecule has 5 nitrogen and oxygen atoms in total. The summed E-state index contributed by atoms with van der Waals surface area (Å²) < 4.78 is 0. The molecule has 2 rings (SSSR count). The molecule has 122 valence electrons. The molecule has 6 heteroatoms. The molecule has 0 spiro atoms. The number of carbonyl (C=O) groups is 2. The van der Waals surface area contributed by atoms with E-state index in [-0.39, 0.29) is 12.3 Å². The van der Waals surface area contributed by atoms with Gasteiger partial charge in [0.25, 0.3) is 0 Å². The summed E-state index contributed by atoms with van der Waals surface area (Å²) in [4.78, 5) is 27.6. The monoisotopic (exact) mass is 332 g/mol. The molecule has 0 aliphatic heterocycles. The van der Waals surface area contributed by atoms with E-state index < -0.39 is 11.4 Å². The van der Waals surface area contributed by atoms with Crippen LogP contribution in [0.15, 0.2) is 29.6 Å². The van der Waals surface area contributed by atoms with Crippen LogP contribution in [0, 0.1) is 0 Å². The molecule has 1 amide bonds. The largest absolute Gasteiger partial charge is 0.481 e. The fraction of sp³-hybridized carbons (Fsp3) is 0.353. The van der Waals surface area contributed by atoms with Gasteiger partial charge < -0.3 is 10.4 Å². The van der Waals surface area contributed by atoms with E-state index in [2.05, 4.69) is 10.3 Å². The number of hydrogen-bond donors (Lipinski definition) is 2. The molecule has 0 aliphatic carbocycles. The third-order valence-electron chi connectivity index (χ3n) is 3.67. The van der Waals surface area contributed by atoms with Gasteiger partial charge in [-0.1, -0.05) is 19.1 Å². The summed E-state index contributed by atoms with van der Waals surface area (Å²) in [5, 5.41) is 14.9. The zero-order chi connectivity index (χ0) is 17.0. The van der Waals surface area contributed by atoms with Crippen molar-refractivity contribution in [3.63, 3.8) is 0 Å². The van der Waals surface area contributed by atoms with Crippen molar-refractivity contribution in [3.8, 4) is 0 Å². The number of aliphatic carboxylic acids is 1. The number of benzene rings is 1. The lowest BCUT2D eigenvalue weighted by atomic mass is 9.85. The lowest BCUT2D eigenvalue weighted by Crippen LogP contribution is -2.28. The molecule has 0 saturated heterocycles. The number of carboxylic acid groups (broad SMARTS) is 1. The minimum atomic E-state index is -0.959. The standard InChI is InChI=1S/C17H20N2O3S/c1-4-15-19-13(10-23-15)9-14(20)18-12-7-5-11(6-8-12)17(2,3)16(21)22/h5-8,10H,4,9H2,1-3H3,(H,18,20)(H,21,22). The second-order valence-electron chi connectivity index (χ2n) is 5.82. The summed E-state index contributed by atoms with van der Waals surface area (Å²) in [5.41, 5.74) is 1.15. The van der Waals surface area contributed by atoms with Gasteiger partial charge in [0.2, 0.25) is 5.91 Å². The molecule has 23 heavy (non-hydrogen) atoms. The van der Waals surface area contributed by atoms with Crippen LogP contribution in [0.5, 0.6) is 0 Å². The fourth-order valence-electron chi connectivity index (χ4n) is 2.06. The Balaban J connectivity index is 2.00. The quantitative estimate of drug-likeness (QED) is 0.851. The van der Waals surface area contributed by atoms with Gasteiger partial charge in [-0.25, -0.2) is 4.98 Å². The summed E-state index contributed by atoms with van der Waals surface area (Å²) in [6.07, 6.45) is 1.10. The van der Waals surface area contributed by atoms with Gasteiger partial charge in [0.1, 0.15) is 0 Å². The van der Waals surface area contributed by atoms with E-state index in [1.807, 2.05) is 12.3 Å². The second-order valence-corrected chi connectivity index (χ2v) is 6.76. The highest BCUT2D eigenvalue weighted by molar-refractivity contribution is 7.09. The van der Waals surface area contributed by atoms with E-state index in [0.717, 1.165) is 17.1 Å². The maximum Gasteiger partial charge on any atom is 0.313 e. The van der Waals surface area contributed by atoms with Crippen molar-refractivity contribution in [3.05, 3.63) is 45.9 Å². The molecular formula is C17H20N2O3S. The van der Waals surface area contributed by atoms with Crippen LogP contribution >= 0.6 is 11.3 Å². The van der Waals surface area contributed by atoms with Crippen molar-refractivity contribution in [2.75, 3.05) is 5.32 Å². The topological polar surface area (TPSA) is 79.3 Å². The van der Waals surface area contributed by atoms with Gasteiger partial charge in [0.05, 0.1) is 22.5 Å².